The van der Waals surface area contributed by atoms with Crippen molar-refractivity contribution in [1.29, 1.82) is 0 Å². The molecule has 0 aliphatic heterocycles. The van der Waals surface area contributed by atoms with Gasteiger partial charge in [-0.25, -0.2) is 0 Å². The second kappa shape index (κ2) is 4.82. The molecule has 106 valence electrons. The van der Waals surface area contributed by atoms with Crippen molar-refractivity contribution in [1.82, 2.24) is 5.32 Å². The average molecular weight is 271 g/mol. The van der Waals surface area contributed by atoms with Gasteiger partial charge in [-0.05, 0) is 42.9 Å². The van der Waals surface area contributed by atoms with Gasteiger partial charge in [-0.2, -0.15) is 13.2 Å². The number of hydrogen-bond acceptors (Lipinski definition) is 1. The summed E-state index contributed by atoms with van der Waals surface area (Å²) in [5.74, 6) is 0.548. The Morgan fingerprint density at radius 1 is 1.37 bits per heavy atom. The fourth-order valence-corrected chi connectivity index (χ4v) is 2.77. The first kappa shape index (κ1) is 14.4. The van der Waals surface area contributed by atoms with Gasteiger partial charge in [-0.3, -0.25) is 0 Å². The Labute approximate surface area is 112 Å². The van der Waals surface area contributed by atoms with E-state index in [1.165, 1.54) is 12.1 Å². The topological polar surface area (TPSA) is 12.0 Å². The molecule has 2 atom stereocenters. The van der Waals surface area contributed by atoms with Gasteiger partial charge >= 0.3 is 6.18 Å². The minimum Gasteiger partial charge on any atom is -0.316 e. The van der Waals surface area contributed by atoms with Crippen LogP contribution < -0.4 is 5.32 Å². The van der Waals surface area contributed by atoms with E-state index in [1.807, 2.05) is 7.05 Å². The minimum atomic E-state index is -4.26. The quantitative estimate of drug-likeness (QED) is 0.876. The van der Waals surface area contributed by atoms with Crippen LogP contribution in [0.5, 0.6) is 0 Å². The summed E-state index contributed by atoms with van der Waals surface area (Å²) < 4.78 is 38.0. The average Bonchev–Trinajstić information content (AvgIpc) is 2.94. The zero-order chi connectivity index (χ0) is 14.3. The predicted molar refractivity (Wildman–Crippen MR) is 69.9 cm³/mol. The van der Waals surface area contributed by atoms with Crippen LogP contribution in [0.25, 0.3) is 0 Å². The van der Waals surface area contributed by atoms with E-state index in [0.717, 1.165) is 18.1 Å². The van der Waals surface area contributed by atoms with Gasteiger partial charge in [0.2, 0.25) is 0 Å². The van der Waals surface area contributed by atoms with Crippen LogP contribution in [0.15, 0.2) is 24.3 Å². The first-order valence-corrected chi connectivity index (χ1v) is 6.57. The monoisotopic (exact) mass is 271 g/mol. The molecule has 0 amide bonds. The lowest BCUT2D eigenvalue weighted by atomic mass is 9.96. The molecule has 19 heavy (non-hydrogen) atoms. The van der Waals surface area contributed by atoms with Crippen molar-refractivity contribution in [3.8, 4) is 0 Å². The third-order valence-corrected chi connectivity index (χ3v) is 4.16. The van der Waals surface area contributed by atoms with Crippen LogP contribution in [0.4, 0.5) is 13.2 Å². The number of nitrogens with one attached hydrogen (secondary N) is 1. The second-order valence-corrected chi connectivity index (χ2v) is 6.10. The first-order chi connectivity index (χ1) is 8.74. The SMILES string of the molecule is CNC(Cc1cccc(C(F)(F)F)c1)C1CC1(C)C. The molecular weight excluding hydrogens is 251 g/mol. The molecule has 1 aliphatic rings. The third-order valence-electron chi connectivity index (χ3n) is 4.16. The molecule has 1 aromatic rings. The zero-order valence-electron chi connectivity index (χ0n) is 11.5. The van der Waals surface area contributed by atoms with Crippen molar-refractivity contribution in [2.24, 2.45) is 11.3 Å². The van der Waals surface area contributed by atoms with Crippen LogP contribution >= 0.6 is 0 Å². The molecular formula is C15H20F3N. The minimum absolute atomic E-state index is 0.249. The van der Waals surface area contributed by atoms with Crippen molar-refractivity contribution in [2.75, 3.05) is 7.05 Å². The normalized spacial score (nSPS) is 23.2. The Balaban J connectivity index is 2.10. The lowest BCUT2D eigenvalue weighted by Gasteiger charge is -2.19. The van der Waals surface area contributed by atoms with Gasteiger partial charge in [0.15, 0.2) is 0 Å². The molecule has 1 saturated carbocycles. The van der Waals surface area contributed by atoms with Crippen molar-refractivity contribution < 1.29 is 13.2 Å². The highest BCUT2D eigenvalue weighted by Crippen LogP contribution is 2.54. The van der Waals surface area contributed by atoms with Crippen molar-refractivity contribution in [3.63, 3.8) is 0 Å². The van der Waals surface area contributed by atoms with Gasteiger partial charge in [0.05, 0.1) is 5.56 Å². The zero-order valence-corrected chi connectivity index (χ0v) is 11.5. The summed E-state index contributed by atoms with van der Waals surface area (Å²) in [5.41, 5.74) is 0.502. The number of alkyl halides is 3. The van der Waals surface area contributed by atoms with Crippen LogP contribution in [0.1, 0.15) is 31.4 Å². The third kappa shape index (κ3) is 3.30. The largest absolute Gasteiger partial charge is 0.416 e. The first-order valence-electron chi connectivity index (χ1n) is 6.57. The summed E-state index contributed by atoms with van der Waals surface area (Å²) in [6, 6.07) is 5.90. The summed E-state index contributed by atoms with van der Waals surface area (Å²) >= 11 is 0. The van der Waals surface area contributed by atoms with E-state index in [-0.39, 0.29) is 6.04 Å². The number of likely N-dealkylation sites (N-methyl/N-ethyl adjacent to an activating group) is 1. The summed E-state index contributed by atoms with van der Waals surface area (Å²) in [5, 5.41) is 3.25. The fourth-order valence-electron chi connectivity index (χ4n) is 2.77. The highest BCUT2D eigenvalue weighted by Gasteiger charge is 2.49. The summed E-state index contributed by atoms with van der Waals surface area (Å²) in [7, 11) is 1.88. The van der Waals surface area contributed by atoms with Gasteiger partial charge in [0.1, 0.15) is 0 Å². The molecule has 4 heteroatoms. The molecule has 0 spiro atoms. The molecule has 1 fully saturated rings. The van der Waals surface area contributed by atoms with Crippen molar-refractivity contribution in [2.45, 2.75) is 38.9 Å². The molecule has 2 rings (SSSR count). The Bertz CT molecular complexity index is 451. The van der Waals surface area contributed by atoms with E-state index in [1.54, 1.807) is 6.07 Å². The van der Waals surface area contributed by atoms with Gasteiger partial charge < -0.3 is 5.32 Å². The number of halogens is 3. The van der Waals surface area contributed by atoms with Gasteiger partial charge in [-0.15, -0.1) is 0 Å². The summed E-state index contributed by atoms with van der Waals surface area (Å²) in [6.07, 6.45) is -2.48. The molecule has 0 saturated heterocycles. The lowest BCUT2D eigenvalue weighted by Crippen LogP contribution is -2.31. The van der Waals surface area contributed by atoms with Gasteiger partial charge in [-0.1, -0.05) is 32.0 Å². The van der Waals surface area contributed by atoms with E-state index < -0.39 is 11.7 Å². The molecule has 2 unspecified atom stereocenters. The van der Waals surface area contributed by atoms with Crippen LogP contribution in [0.3, 0.4) is 0 Å². The van der Waals surface area contributed by atoms with Gasteiger partial charge in [0.25, 0.3) is 0 Å². The maximum atomic E-state index is 12.7. The number of hydrogen-bond donors (Lipinski definition) is 1. The van der Waals surface area contributed by atoms with Crippen LogP contribution in [-0.4, -0.2) is 13.1 Å². The maximum Gasteiger partial charge on any atom is 0.416 e. The standard InChI is InChI=1S/C15H20F3N/c1-14(2)9-12(14)13(19-3)8-10-5-4-6-11(7-10)15(16,17)18/h4-7,12-13,19H,8-9H2,1-3H3. The van der Waals surface area contributed by atoms with E-state index in [4.69, 9.17) is 0 Å². The lowest BCUT2D eigenvalue weighted by molar-refractivity contribution is -0.137. The van der Waals surface area contributed by atoms with Crippen LogP contribution in [-0.2, 0) is 12.6 Å². The summed E-state index contributed by atoms with van der Waals surface area (Å²) in [6.45, 7) is 4.41. The van der Waals surface area contributed by atoms with Crippen molar-refractivity contribution >= 4 is 0 Å². The maximum absolute atomic E-state index is 12.7. The van der Waals surface area contributed by atoms with E-state index >= 15 is 0 Å². The Hall–Kier alpha value is -1.03. The van der Waals surface area contributed by atoms with E-state index in [9.17, 15) is 13.2 Å². The van der Waals surface area contributed by atoms with E-state index in [0.29, 0.717) is 17.8 Å². The smallest absolute Gasteiger partial charge is 0.316 e. The van der Waals surface area contributed by atoms with Gasteiger partial charge in [0, 0.05) is 6.04 Å². The number of rotatable bonds is 4. The Morgan fingerprint density at radius 3 is 2.47 bits per heavy atom. The molecule has 0 aromatic heterocycles. The molecule has 0 heterocycles. The Morgan fingerprint density at radius 2 is 2.00 bits per heavy atom. The molecule has 1 aromatic carbocycles. The van der Waals surface area contributed by atoms with Crippen LogP contribution in [0, 0.1) is 11.3 Å². The van der Waals surface area contributed by atoms with E-state index in [2.05, 4.69) is 19.2 Å². The Kier molecular flexibility index (Phi) is 3.65. The molecule has 1 aliphatic carbocycles. The fraction of sp³-hybridized carbons (Fsp3) is 0.600. The van der Waals surface area contributed by atoms with Crippen LogP contribution in [0.2, 0.25) is 0 Å². The van der Waals surface area contributed by atoms with Crippen molar-refractivity contribution in [3.05, 3.63) is 35.4 Å². The summed E-state index contributed by atoms with van der Waals surface area (Å²) in [4.78, 5) is 0. The highest BCUT2D eigenvalue weighted by molar-refractivity contribution is 5.27. The number of benzene rings is 1. The molecule has 0 bridgehead atoms. The molecule has 1 N–H and O–H groups in total. The molecule has 1 nitrogen and oxygen atoms in total. The second-order valence-electron chi connectivity index (χ2n) is 6.10. The molecule has 0 radical (unpaired) electrons. The highest BCUT2D eigenvalue weighted by atomic mass is 19.4. The predicted octanol–water partition coefficient (Wildman–Crippen LogP) is 3.88.